The highest BCUT2D eigenvalue weighted by Crippen LogP contribution is 2.10. The highest BCUT2D eigenvalue weighted by atomic mass is 32.2. The molecule has 1 aliphatic rings. The number of rotatable bonds is 4. The Morgan fingerprint density at radius 2 is 2.00 bits per heavy atom. The third-order valence-corrected chi connectivity index (χ3v) is 4.67. The lowest BCUT2D eigenvalue weighted by molar-refractivity contribution is 0.280. The Balaban J connectivity index is 2.03. The molecule has 0 aromatic carbocycles. The molecule has 0 amide bonds. The first-order chi connectivity index (χ1) is 8.98. The number of aromatic nitrogens is 2. The molecular weight excluding hydrogens is 264 g/mol. The lowest BCUT2D eigenvalue weighted by Crippen LogP contribution is -2.40. The number of hydrogen-bond donors (Lipinski definition) is 1. The van der Waals surface area contributed by atoms with Crippen molar-refractivity contribution in [3.8, 4) is 0 Å². The maximum atomic E-state index is 11.4. The molecule has 0 atom stereocenters. The van der Waals surface area contributed by atoms with Crippen molar-refractivity contribution in [1.82, 2.24) is 14.9 Å². The van der Waals surface area contributed by atoms with Crippen molar-refractivity contribution in [3.63, 3.8) is 0 Å². The van der Waals surface area contributed by atoms with Crippen LogP contribution in [0.3, 0.4) is 0 Å². The molecule has 1 aromatic heterocycles. The molecule has 0 spiro atoms. The first kappa shape index (κ1) is 14.2. The molecule has 6 nitrogen and oxygen atoms in total. The zero-order chi connectivity index (χ0) is 13.9. The number of nitrogens with zero attached hydrogens (tertiary/aromatic N) is 3. The van der Waals surface area contributed by atoms with Crippen LogP contribution < -0.4 is 5.32 Å². The summed E-state index contributed by atoms with van der Waals surface area (Å²) in [6.07, 6.45) is 0. The monoisotopic (exact) mass is 284 g/mol. The second-order valence-corrected chi connectivity index (χ2v) is 7.07. The van der Waals surface area contributed by atoms with E-state index in [1.165, 1.54) is 0 Å². The minimum Gasteiger partial charge on any atom is -0.370 e. The number of aryl methyl sites for hydroxylation is 1. The molecule has 1 saturated heterocycles. The average molecular weight is 284 g/mol. The van der Waals surface area contributed by atoms with Crippen LogP contribution >= 0.6 is 0 Å². The van der Waals surface area contributed by atoms with Gasteiger partial charge in [0.2, 0.25) is 0 Å². The summed E-state index contributed by atoms with van der Waals surface area (Å²) in [7, 11) is -2.83. The van der Waals surface area contributed by atoms with E-state index in [9.17, 15) is 8.42 Å². The van der Waals surface area contributed by atoms with Gasteiger partial charge in [-0.3, -0.25) is 4.90 Å². The van der Waals surface area contributed by atoms with Gasteiger partial charge >= 0.3 is 0 Å². The fraction of sp³-hybridized carbons (Fsp3) is 0.667. The summed E-state index contributed by atoms with van der Waals surface area (Å²) in [5.74, 6) is 2.04. The zero-order valence-electron chi connectivity index (χ0n) is 11.4. The van der Waals surface area contributed by atoms with E-state index >= 15 is 0 Å². The Hall–Kier alpha value is -1.21. The van der Waals surface area contributed by atoms with E-state index in [-0.39, 0.29) is 11.5 Å². The van der Waals surface area contributed by atoms with Crippen LogP contribution in [0, 0.1) is 6.92 Å². The normalized spacial score (nSPS) is 19.3. The Morgan fingerprint density at radius 3 is 2.63 bits per heavy atom. The van der Waals surface area contributed by atoms with Crippen molar-refractivity contribution in [2.75, 3.05) is 36.5 Å². The maximum absolute atomic E-state index is 11.4. The second-order valence-electron chi connectivity index (χ2n) is 4.77. The summed E-state index contributed by atoms with van der Waals surface area (Å²) >= 11 is 0. The third-order valence-electron chi connectivity index (χ3n) is 3.06. The molecule has 1 aromatic rings. The molecule has 0 unspecified atom stereocenters. The van der Waals surface area contributed by atoms with Crippen molar-refractivity contribution in [2.24, 2.45) is 0 Å². The molecule has 7 heteroatoms. The molecule has 0 radical (unpaired) electrons. The van der Waals surface area contributed by atoms with Crippen LogP contribution in [0.15, 0.2) is 6.07 Å². The zero-order valence-corrected chi connectivity index (χ0v) is 12.2. The molecule has 2 rings (SSSR count). The van der Waals surface area contributed by atoms with Crippen molar-refractivity contribution < 1.29 is 8.42 Å². The fourth-order valence-electron chi connectivity index (χ4n) is 2.08. The van der Waals surface area contributed by atoms with E-state index in [4.69, 9.17) is 0 Å². The first-order valence-corrected chi connectivity index (χ1v) is 8.32. The summed E-state index contributed by atoms with van der Waals surface area (Å²) in [5.41, 5.74) is 0.922. The number of anilines is 1. The van der Waals surface area contributed by atoms with Crippen LogP contribution in [0.1, 0.15) is 18.4 Å². The number of nitrogens with one attached hydrogen (secondary N) is 1. The van der Waals surface area contributed by atoms with Gasteiger partial charge in [-0.25, -0.2) is 18.4 Å². The molecule has 1 N–H and O–H groups in total. The van der Waals surface area contributed by atoms with E-state index in [1.54, 1.807) is 0 Å². The molecule has 19 heavy (non-hydrogen) atoms. The van der Waals surface area contributed by atoms with Gasteiger partial charge in [0.05, 0.1) is 18.1 Å². The lowest BCUT2D eigenvalue weighted by Gasteiger charge is -2.25. The van der Waals surface area contributed by atoms with Gasteiger partial charge in [0.1, 0.15) is 11.6 Å². The topological polar surface area (TPSA) is 75.2 Å². The molecule has 1 fully saturated rings. The van der Waals surface area contributed by atoms with Crippen LogP contribution in [0.25, 0.3) is 0 Å². The predicted molar refractivity (Wildman–Crippen MR) is 74.9 cm³/mol. The minimum atomic E-state index is -2.83. The van der Waals surface area contributed by atoms with E-state index in [0.29, 0.717) is 19.6 Å². The van der Waals surface area contributed by atoms with Gasteiger partial charge in [-0.2, -0.15) is 0 Å². The summed E-state index contributed by atoms with van der Waals surface area (Å²) in [6.45, 7) is 6.51. The van der Waals surface area contributed by atoms with Crippen molar-refractivity contribution >= 4 is 15.7 Å². The van der Waals surface area contributed by atoms with Crippen LogP contribution in [0.2, 0.25) is 0 Å². The van der Waals surface area contributed by atoms with E-state index in [1.807, 2.05) is 19.9 Å². The van der Waals surface area contributed by atoms with E-state index in [2.05, 4.69) is 20.2 Å². The molecular formula is C12H20N4O2S. The molecule has 0 bridgehead atoms. The van der Waals surface area contributed by atoms with Crippen molar-refractivity contribution in [1.29, 1.82) is 0 Å². The lowest BCUT2D eigenvalue weighted by atomic mass is 10.3. The van der Waals surface area contributed by atoms with Crippen LogP contribution in [0.4, 0.5) is 5.82 Å². The quantitative estimate of drug-likeness (QED) is 0.865. The Morgan fingerprint density at radius 1 is 1.32 bits per heavy atom. The summed E-state index contributed by atoms with van der Waals surface area (Å²) in [6, 6.07) is 1.91. The van der Waals surface area contributed by atoms with Gasteiger partial charge in [-0.15, -0.1) is 0 Å². The second kappa shape index (κ2) is 5.83. The number of hydrogen-bond acceptors (Lipinski definition) is 6. The fourth-order valence-corrected chi connectivity index (χ4v) is 3.36. The highest BCUT2D eigenvalue weighted by molar-refractivity contribution is 7.91. The summed E-state index contributed by atoms with van der Waals surface area (Å²) < 4.78 is 22.7. The highest BCUT2D eigenvalue weighted by Gasteiger charge is 2.22. The number of sulfone groups is 1. The standard InChI is InChI=1S/C12H20N4O2S/c1-3-13-11-8-10(2)14-12(15-11)9-16-4-6-19(17,18)7-5-16/h8H,3-7,9H2,1-2H3,(H,13,14,15). The van der Waals surface area contributed by atoms with Gasteiger partial charge in [-0.05, 0) is 13.8 Å². The van der Waals surface area contributed by atoms with Crippen molar-refractivity contribution in [2.45, 2.75) is 20.4 Å². The molecule has 106 valence electrons. The maximum Gasteiger partial charge on any atom is 0.152 e. The predicted octanol–water partition coefficient (Wildman–Crippen LogP) is 0.447. The van der Waals surface area contributed by atoms with Crippen LogP contribution in [-0.2, 0) is 16.4 Å². The Labute approximate surface area is 114 Å². The average Bonchev–Trinajstić information content (AvgIpc) is 2.32. The summed E-state index contributed by atoms with van der Waals surface area (Å²) in [4.78, 5) is 10.9. The van der Waals surface area contributed by atoms with Crippen molar-refractivity contribution in [3.05, 3.63) is 17.6 Å². The molecule has 1 aliphatic heterocycles. The van der Waals surface area contributed by atoms with Gasteiger partial charge in [0.25, 0.3) is 0 Å². The minimum absolute atomic E-state index is 0.235. The van der Waals surface area contributed by atoms with Gasteiger partial charge < -0.3 is 5.32 Å². The first-order valence-electron chi connectivity index (χ1n) is 6.50. The van der Waals surface area contributed by atoms with Gasteiger partial charge in [0, 0.05) is 31.4 Å². The van der Waals surface area contributed by atoms with Crippen LogP contribution in [0.5, 0.6) is 0 Å². The van der Waals surface area contributed by atoms with E-state index < -0.39 is 9.84 Å². The SMILES string of the molecule is CCNc1cc(C)nc(CN2CCS(=O)(=O)CC2)n1. The van der Waals surface area contributed by atoms with E-state index in [0.717, 1.165) is 23.9 Å². The summed E-state index contributed by atoms with van der Waals surface area (Å²) in [5, 5.41) is 3.17. The van der Waals surface area contributed by atoms with Crippen LogP contribution in [-0.4, -0.2) is 54.4 Å². The molecule has 0 saturated carbocycles. The smallest absolute Gasteiger partial charge is 0.152 e. The van der Waals surface area contributed by atoms with Gasteiger partial charge in [0.15, 0.2) is 9.84 Å². The Kier molecular flexibility index (Phi) is 4.36. The van der Waals surface area contributed by atoms with Gasteiger partial charge in [-0.1, -0.05) is 0 Å². The molecule has 0 aliphatic carbocycles. The Bertz CT molecular complexity index is 531. The molecule has 2 heterocycles. The largest absolute Gasteiger partial charge is 0.370 e. The third kappa shape index (κ3) is 4.14.